The number of anilines is 1. The quantitative estimate of drug-likeness (QED) is 0.134. The molecule has 0 radical (unpaired) electrons. The number of hydrogen-bond donors (Lipinski definition) is 2. The van der Waals surface area contributed by atoms with Crippen LogP contribution in [0.1, 0.15) is 71.1 Å². The van der Waals surface area contributed by atoms with E-state index in [0.29, 0.717) is 12.1 Å². The van der Waals surface area contributed by atoms with E-state index in [-0.39, 0.29) is 12.7 Å². The minimum atomic E-state index is -4.23. The van der Waals surface area contributed by atoms with E-state index in [0.717, 1.165) is 24.2 Å². The van der Waals surface area contributed by atoms with E-state index in [1.165, 1.54) is 44.9 Å². The van der Waals surface area contributed by atoms with Gasteiger partial charge in [0, 0.05) is 24.6 Å². The molecule has 2 N–H and O–H groups in total. The van der Waals surface area contributed by atoms with E-state index >= 15 is 0 Å². The summed E-state index contributed by atoms with van der Waals surface area (Å²) in [6.07, 6.45) is 17.0. The van der Waals surface area contributed by atoms with Crippen LogP contribution in [-0.2, 0) is 19.3 Å². The van der Waals surface area contributed by atoms with Crippen molar-refractivity contribution < 1.29 is 26.7 Å². The summed E-state index contributed by atoms with van der Waals surface area (Å²) in [6.45, 7) is 2.31. The SMILES string of the molecule is CCCCCCCCCCCCOS(=O)(=O)O.COC1C=C(Nc2ccccc2)C=CC1=[N+]=[N-]. The molecule has 190 valence electrons. The van der Waals surface area contributed by atoms with Gasteiger partial charge in [0.25, 0.3) is 0 Å². The van der Waals surface area contributed by atoms with E-state index in [2.05, 4.69) is 21.2 Å². The molecule has 1 atom stereocenters. The zero-order valence-electron chi connectivity index (χ0n) is 20.4. The molecule has 1 unspecified atom stereocenters. The van der Waals surface area contributed by atoms with Gasteiger partial charge in [-0.1, -0.05) is 82.9 Å². The molecule has 0 spiro atoms. The standard InChI is InChI=1S/C13H13N3O.C12H26O4S/c1-17-13-9-11(7-8-12(13)16-14)15-10-5-3-2-4-6-10;1-2-3-4-5-6-7-8-9-10-11-12-16-17(13,14)15/h2-9,13,15H,1H3;2-12H2,1H3,(H,13,14,15). The first-order chi connectivity index (χ1) is 16.4. The molecule has 0 bridgehead atoms. The maximum atomic E-state index is 10.2. The lowest BCUT2D eigenvalue weighted by molar-refractivity contribution is -0.0184. The third-order valence-corrected chi connectivity index (χ3v) is 5.68. The largest absolute Gasteiger partial charge is 0.397 e. The van der Waals surface area contributed by atoms with Gasteiger partial charge in [-0.25, -0.2) is 4.18 Å². The van der Waals surface area contributed by atoms with Crippen LogP contribution in [0.5, 0.6) is 0 Å². The van der Waals surface area contributed by atoms with Gasteiger partial charge in [-0.15, -0.1) is 0 Å². The van der Waals surface area contributed by atoms with Gasteiger partial charge < -0.3 is 15.6 Å². The van der Waals surface area contributed by atoms with Crippen LogP contribution in [0.4, 0.5) is 5.69 Å². The molecular formula is C25H39N3O5S. The number of hydrogen-bond acceptors (Lipinski definition) is 5. The van der Waals surface area contributed by atoms with Crippen LogP contribution in [-0.4, -0.2) is 43.3 Å². The van der Waals surface area contributed by atoms with Crippen LogP contribution in [0.3, 0.4) is 0 Å². The summed E-state index contributed by atoms with van der Waals surface area (Å²) in [5.41, 5.74) is 11.2. The van der Waals surface area contributed by atoms with E-state index < -0.39 is 10.4 Å². The highest BCUT2D eigenvalue weighted by atomic mass is 32.3. The van der Waals surface area contributed by atoms with Gasteiger partial charge in [0.1, 0.15) is 0 Å². The normalized spacial score (nSPS) is 15.2. The number of rotatable bonds is 15. The monoisotopic (exact) mass is 493 g/mol. The highest BCUT2D eigenvalue weighted by Gasteiger charge is 2.22. The third kappa shape index (κ3) is 14.8. The number of nitrogens with zero attached hydrogens (tertiary/aromatic N) is 2. The second kappa shape index (κ2) is 18.1. The van der Waals surface area contributed by atoms with Crippen molar-refractivity contribution in [2.45, 2.75) is 77.2 Å². The Balaban J connectivity index is 0.000000340. The number of para-hydroxylation sites is 1. The van der Waals surface area contributed by atoms with E-state index in [1.807, 2.05) is 42.5 Å². The van der Waals surface area contributed by atoms with Crippen molar-refractivity contribution in [3.63, 3.8) is 0 Å². The van der Waals surface area contributed by atoms with Crippen LogP contribution in [0.2, 0.25) is 0 Å². The van der Waals surface area contributed by atoms with Gasteiger partial charge >= 0.3 is 16.1 Å². The Morgan fingerprint density at radius 1 is 0.971 bits per heavy atom. The Labute approximate surface area is 204 Å². The molecule has 0 aliphatic heterocycles. The molecule has 34 heavy (non-hydrogen) atoms. The Morgan fingerprint density at radius 3 is 2.09 bits per heavy atom. The Hall–Kier alpha value is -2.29. The summed E-state index contributed by atoms with van der Waals surface area (Å²) < 4.78 is 38.2. The zero-order chi connectivity index (χ0) is 25.1. The maximum absolute atomic E-state index is 10.2. The van der Waals surface area contributed by atoms with Crippen molar-refractivity contribution in [3.05, 3.63) is 59.8 Å². The summed E-state index contributed by atoms with van der Waals surface area (Å²) in [4.78, 5) is 3.17. The molecule has 1 aliphatic carbocycles. The topological polar surface area (TPSA) is 121 Å². The number of allylic oxidation sites excluding steroid dienone is 1. The van der Waals surface area contributed by atoms with Gasteiger partial charge in [0.15, 0.2) is 6.10 Å². The fourth-order valence-electron chi connectivity index (χ4n) is 3.38. The highest BCUT2D eigenvalue weighted by Crippen LogP contribution is 2.15. The molecule has 0 fully saturated rings. The Morgan fingerprint density at radius 2 is 1.56 bits per heavy atom. The van der Waals surface area contributed by atoms with Crippen molar-refractivity contribution >= 4 is 21.8 Å². The molecule has 2 rings (SSSR count). The molecule has 9 heteroatoms. The molecule has 8 nitrogen and oxygen atoms in total. The number of methoxy groups -OCH3 is 1. The van der Waals surface area contributed by atoms with Crippen molar-refractivity contribution in [3.8, 4) is 0 Å². The Kier molecular flexibility index (Phi) is 15.8. The number of benzene rings is 1. The second-order valence-corrected chi connectivity index (χ2v) is 9.15. The molecular weight excluding hydrogens is 454 g/mol. The number of unbranched alkanes of at least 4 members (excludes halogenated alkanes) is 9. The van der Waals surface area contributed by atoms with Crippen LogP contribution in [0, 0.1) is 0 Å². The van der Waals surface area contributed by atoms with Gasteiger partial charge in [0.05, 0.1) is 6.61 Å². The lowest BCUT2D eigenvalue weighted by Gasteiger charge is -2.13. The first kappa shape index (κ1) is 29.7. The van der Waals surface area contributed by atoms with Crippen LogP contribution in [0.15, 0.2) is 54.3 Å². The van der Waals surface area contributed by atoms with Gasteiger partial charge in [-0.2, -0.15) is 13.2 Å². The summed E-state index contributed by atoms with van der Waals surface area (Å²) in [6, 6.07) is 9.84. The third-order valence-electron chi connectivity index (χ3n) is 5.22. The van der Waals surface area contributed by atoms with E-state index in [4.69, 9.17) is 14.8 Å². The molecule has 1 aliphatic rings. The molecule has 0 saturated carbocycles. The van der Waals surface area contributed by atoms with E-state index in [1.54, 1.807) is 13.2 Å². The fourth-order valence-corrected chi connectivity index (χ4v) is 3.71. The summed E-state index contributed by atoms with van der Waals surface area (Å²) in [7, 11) is -2.66. The second-order valence-electron chi connectivity index (χ2n) is 8.06. The minimum absolute atomic E-state index is 0.0926. The summed E-state index contributed by atoms with van der Waals surface area (Å²) in [5, 5.41) is 3.25. The minimum Gasteiger partial charge on any atom is -0.365 e. The summed E-state index contributed by atoms with van der Waals surface area (Å²) in [5.74, 6) is 0. The van der Waals surface area contributed by atoms with E-state index in [9.17, 15) is 8.42 Å². The van der Waals surface area contributed by atoms with Crippen molar-refractivity contribution in [1.29, 1.82) is 0 Å². The van der Waals surface area contributed by atoms with Crippen molar-refractivity contribution in [2.75, 3.05) is 19.0 Å². The van der Waals surface area contributed by atoms with Gasteiger partial charge in [-0.3, -0.25) is 4.55 Å². The maximum Gasteiger partial charge on any atom is 0.397 e. The lowest BCUT2D eigenvalue weighted by Crippen LogP contribution is -2.23. The smallest absolute Gasteiger partial charge is 0.365 e. The predicted molar refractivity (Wildman–Crippen MR) is 136 cm³/mol. The lowest BCUT2D eigenvalue weighted by atomic mass is 10.1. The van der Waals surface area contributed by atoms with Crippen molar-refractivity contribution in [2.24, 2.45) is 0 Å². The van der Waals surface area contributed by atoms with Gasteiger partial charge in [-0.05, 0) is 30.7 Å². The fraction of sp³-hybridized carbons (Fsp3) is 0.560. The first-order valence-electron chi connectivity index (χ1n) is 12.0. The molecule has 0 amide bonds. The van der Waals surface area contributed by atoms with Crippen LogP contribution in [0.25, 0.3) is 5.53 Å². The number of ether oxygens (including phenoxy) is 1. The molecule has 0 heterocycles. The molecule has 0 aromatic heterocycles. The molecule has 0 saturated heterocycles. The predicted octanol–water partition coefficient (Wildman–Crippen LogP) is 5.96. The average Bonchev–Trinajstić information content (AvgIpc) is 2.83. The van der Waals surface area contributed by atoms with Crippen LogP contribution >= 0.6 is 0 Å². The van der Waals surface area contributed by atoms with Gasteiger partial charge in [0.2, 0.25) is 0 Å². The van der Waals surface area contributed by atoms with Crippen molar-refractivity contribution in [1.82, 2.24) is 0 Å². The average molecular weight is 494 g/mol. The zero-order valence-corrected chi connectivity index (χ0v) is 21.2. The highest BCUT2D eigenvalue weighted by molar-refractivity contribution is 7.80. The Bertz CT molecular complexity index is 894. The number of nitrogens with one attached hydrogen (secondary N) is 1. The molecule has 1 aromatic carbocycles. The molecule has 1 aromatic rings. The first-order valence-corrected chi connectivity index (χ1v) is 13.3. The summed E-state index contributed by atoms with van der Waals surface area (Å²) >= 11 is 0. The van der Waals surface area contributed by atoms with Crippen LogP contribution < -0.4 is 5.32 Å².